The summed E-state index contributed by atoms with van der Waals surface area (Å²) in [5.74, 6) is 1.93. The molecule has 0 amide bonds. The van der Waals surface area contributed by atoms with Gasteiger partial charge in [0.2, 0.25) is 0 Å². The monoisotopic (exact) mass is 711 g/mol. The van der Waals surface area contributed by atoms with Crippen molar-refractivity contribution in [2.45, 2.75) is 0 Å². The largest absolute Gasteiger partial charge is 0.208 e. The number of hydrogen-bond donors (Lipinski definition) is 0. The third kappa shape index (κ3) is 5.25. The molecule has 56 heavy (non-hydrogen) atoms. The molecule has 10 aromatic carbocycles. The van der Waals surface area contributed by atoms with Crippen molar-refractivity contribution < 1.29 is 0 Å². The van der Waals surface area contributed by atoms with Crippen molar-refractivity contribution in [3.8, 4) is 56.4 Å². The topological polar surface area (TPSA) is 38.7 Å². The fraction of sp³-hybridized carbons (Fsp3) is 0. The molecule has 0 radical (unpaired) electrons. The number of nitrogens with zero attached hydrogens (tertiary/aromatic N) is 3. The lowest BCUT2D eigenvalue weighted by Crippen LogP contribution is -2.00. The van der Waals surface area contributed by atoms with Gasteiger partial charge in [-0.2, -0.15) is 0 Å². The average Bonchev–Trinajstić information content (AvgIpc) is 3.29. The third-order valence-corrected chi connectivity index (χ3v) is 11.1. The molecular weight excluding hydrogens is 679 g/mol. The first-order chi connectivity index (χ1) is 27.8. The molecule has 0 N–H and O–H groups in total. The highest BCUT2D eigenvalue weighted by atomic mass is 15.0. The van der Waals surface area contributed by atoms with E-state index in [4.69, 9.17) is 15.0 Å². The molecule has 0 saturated carbocycles. The molecule has 11 rings (SSSR count). The molecule has 260 valence electrons. The van der Waals surface area contributed by atoms with Crippen LogP contribution >= 0.6 is 0 Å². The van der Waals surface area contributed by atoms with Crippen LogP contribution in [0.4, 0.5) is 0 Å². The van der Waals surface area contributed by atoms with Gasteiger partial charge in [-0.15, -0.1) is 0 Å². The lowest BCUT2D eigenvalue weighted by Gasteiger charge is -2.20. The molecule has 3 heteroatoms. The van der Waals surface area contributed by atoms with E-state index in [0.717, 1.165) is 27.6 Å². The summed E-state index contributed by atoms with van der Waals surface area (Å²) in [6.45, 7) is 0. The van der Waals surface area contributed by atoms with Crippen LogP contribution in [0.25, 0.3) is 110 Å². The summed E-state index contributed by atoms with van der Waals surface area (Å²) < 4.78 is 0. The molecule has 0 aliphatic heterocycles. The Balaban J connectivity index is 1.22. The molecule has 0 spiro atoms. The van der Waals surface area contributed by atoms with Crippen molar-refractivity contribution >= 4 is 53.9 Å². The maximum Gasteiger partial charge on any atom is 0.164 e. The highest BCUT2D eigenvalue weighted by Gasteiger charge is 2.21. The van der Waals surface area contributed by atoms with Crippen LogP contribution in [0.15, 0.2) is 200 Å². The first-order valence-electron chi connectivity index (χ1n) is 19.0. The van der Waals surface area contributed by atoms with E-state index < -0.39 is 0 Å². The average molecular weight is 712 g/mol. The Hall–Kier alpha value is -7.49. The van der Waals surface area contributed by atoms with Crippen molar-refractivity contribution in [2.24, 2.45) is 0 Å². The second-order valence-corrected chi connectivity index (χ2v) is 14.3. The van der Waals surface area contributed by atoms with Gasteiger partial charge in [-0.25, -0.2) is 15.0 Å². The Bertz CT molecular complexity index is 3190. The molecule has 1 aromatic heterocycles. The van der Waals surface area contributed by atoms with Gasteiger partial charge in [0.05, 0.1) is 0 Å². The zero-order valence-corrected chi connectivity index (χ0v) is 30.4. The van der Waals surface area contributed by atoms with Crippen LogP contribution in [-0.4, -0.2) is 15.0 Å². The normalized spacial score (nSPS) is 11.6. The number of hydrogen-bond acceptors (Lipinski definition) is 3. The highest BCUT2D eigenvalue weighted by molar-refractivity contribution is 6.27. The van der Waals surface area contributed by atoms with Crippen LogP contribution in [0.1, 0.15) is 0 Å². The second kappa shape index (κ2) is 13.1. The molecule has 0 aliphatic rings. The number of benzene rings is 10. The van der Waals surface area contributed by atoms with E-state index in [1.54, 1.807) is 0 Å². The Morgan fingerprint density at radius 2 is 0.518 bits per heavy atom. The van der Waals surface area contributed by atoms with Crippen LogP contribution in [0, 0.1) is 0 Å². The van der Waals surface area contributed by atoms with Gasteiger partial charge in [-0.3, -0.25) is 0 Å². The maximum absolute atomic E-state index is 5.12. The minimum atomic E-state index is 0.636. The third-order valence-electron chi connectivity index (χ3n) is 11.1. The van der Waals surface area contributed by atoms with Gasteiger partial charge in [0.25, 0.3) is 0 Å². The molecule has 0 fully saturated rings. The smallest absolute Gasteiger partial charge is 0.164 e. The summed E-state index contributed by atoms with van der Waals surface area (Å²) in [6, 6.07) is 71.3. The summed E-state index contributed by atoms with van der Waals surface area (Å²) in [7, 11) is 0. The van der Waals surface area contributed by atoms with Gasteiger partial charge in [0.15, 0.2) is 17.5 Å². The Labute approximate surface area is 324 Å². The van der Waals surface area contributed by atoms with Crippen molar-refractivity contribution in [3.05, 3.63) is 200 Å². The molecule has 3 nitrogen and oxygen atoms in total. The van der Waals surface area contributed by atoms with Gasteiger partial charge in [-0.1, -0.05) is 188 Å². The minimum Gasteiger partial charge on any atom is -0.208 e. The van der Waals surface area contributed by atoms with E-state index in [9.17, 15) is 0 Å². The SMILES string of the molecule is c1ccc(-c2nc(-c3ccccc3)nc(-c3ccc4c(c3)c(-c3ccccc3)c(-c3ccc5c6ccccc6c6ccccc6c5c3)c3ccccc34)n2)cc1. The van der Waals surface area contributed by atoms with Gasteiger partial charge < -0.3 is 0 Å². The number of aromatic nitrogens is 3. The van der Waals surface area contributed by atoms with Gasteiger partial charge in [0, 0.05) is 16.7 Å². The number of fused-ring (bicyclic) bond motifs is 9. The maximum atomic E-state index is 5.12. The molecule has 1 heterocycles. The summed E-state index contributed by atoms with van der Waals surface area (Å²) in [4.78, 5) is 15.2. The second-order valence-electron chi connectivity index (χ2n) is 14.3. The zero-order valence-electron chi connectivity index (χ0n) is 30.4. The molecule has 0 saturated heterocycles. The van der Waals surface area contributed by atoms with Gasteiger partial charge in [0.1, 0.15) is 0 Å². The Kier molecular flexibility index (Phi) is 7.49. The summed E-state index contributed by atoms with van der Waals surface area (Å²) in [6.07, 6.45) is 0. The zero-order chi connectivity index (χ0) is 37.0. The molecule has 11 aromatic rings. The molecular formula is C53H33N3. The predicted molar refractivity (Wildman–Crippen MR) is 235 cm³/mol. The van der Waals surface area contributed by atoms with Crippen LogP contribution in [0.5, 0.6) is 0 Å². The summed E-state index contributed by atoms with van der Waals surface area (Å²) in [5.41, 5.74) is 7.56. The molecule has 0 aliphatic carbocycles. The van der Waals surface area contributed by atoms with E-state index in [1.165, 1.54) is 65.2 Å². The fourth-order valence-electron chi connectivity index (χ4n) is 8.54. The summed E-state index contributed by atoms with van der Waals surface area (Å²) >= 11 is 0. The van der Waals surface area contributed by atoms with E-state index >= 15 is 0 Å². The predicted octanol–water partition coefficient (Wildman–Crippen LogP) is 14.0. The molecule has 0 atom stereocenters. The van der Waals surface area contributed by atoms with Crippen LogP contribution in [0.2, 0.25) is 0 Å². The molecule has 0 unspecified atom stereocenters. The van der Waals surface area contributed by atoms with E-state index in [2.05, 4.69) is 164 Å². The lowest BCUT2D eigenvalue weighted by molar-refractivity contribution is 1.07. The standard InChI is InChI=1S/C53H33N3/c1-4-16-34(17-5-1)49-48-33-38(53-55-51(35-18-6-2-7-19-35)54-52(56-53)36-20-8-3-9-21-36)29-31-45(48)42-25-14-15-27-46(42)50(49)37-28-30-44-41-24-11-10-22-39(41)40-23-12-13-26-43(40)47(44)32-37/h1-33H. The molecule has 0 bridgehead atoms. The Morgan fingerprint density at radius 1 is 0.196 bits per heavy atom. The number of rotatable bonds is 5. The van der Waals surface area contributed by atoms with E-state index in [1.807, 2.05) is 36.4 Å². The van der Waals surface area contributed by atoms with Gasteiger partial charge in [-0.05, 0) is 88.2 Å². The fourth-order valence-corrected chi connectivity index (χ4v) is 8.54. The van der Waals surface area contributed by atoms with Crippen molar-refractivity contribution in [1.82, 2.24) is 15.0 Å². The Morgan fingerprint density at radius 3 is 1.04 bits per heavy atom. The lowest BCUT2D eigenvalue weighted by atomic mass is 9.83. The van der Waals surface area contributed by atoms with Crippen molar-refractivity contribution in [2.75, 3.05) is 0 Å². The van der Waals surface area contributed by atoms with Crippen LogP contribution < -0.4 is 0 Å². The first kappa shape index (κ1) is 32.0. The van der Waals surface area contributed by atoms with Crippen LogP contribution in [0.3, 0.4) is 0 Å². The van der Waals surface area contributed by atoms with Crippen LogP contribution in [-0.2, 0) is 0 Å². The van der Waals surface area contributed by atoms with E-state index in [0.29, 0.717) is 17.5 Å². The minimum absolute atomic E-state index is 0.636. The van der Waals surface area contributed by atoms with Crippen molar-refractivity contribution in [1.29, 1.82) is 0 Å². The first-order valence-corrected chi connectivity index (χ1v) is 19.0. The highest BCUT2D eigenvalue weighted by Crippen LogP contribution is 2.47. The summed E-state index contributed by atoms with van der Waals surface area (Å²) in [5, 5.41) is 12.3. The van der Waals surface area contributed by atoms with Crippen molar-refractivity contribution in [3.63, 3.8) is 0 Å². The van der Waals surface area contributed by atoms with E-state index in [-0.39, 0.29) is 0 Å². The van der Waals surface area contributed by atoms with Gasteiger partial charge >= 0.3 is 0 Å². The quantitative estimate of drug-likeness (QED) is 0.167.